The Bertz CT molecular complexity index is 832. The van der Waals surface area contributed by atoms with Crippen molar-refractivity contribution >= 4 is 7.41 Å². The number of hydrogen-bond donors (Lipinski definition) is 2. The number of piperidine rings is 1. The topological polar surface area (TPSA) is 27.3 Å². The molecule has 3 aliphatic rings. The van der Waals surface area contributed by atoms with Gasteiger partial charge in [0.15, 0.2) is 0 Å². The van der Waals surface area contributed by atoms with E-state index in [0.29, 0.717) is 17.5 Å². The molecule has 2 unspecified atom stereocenters. The Labute approximate surface area is 179 Å². The van der Waals surface area contributed by atoms with Gasteiger partial charge in [0.05, 0.1) is 5.82 Å². The van der Waals surface area contributed by atoms with Crippen molar-refractivity contribution in [1.82, 2.24) is 15.4 Å². The molecule has 4 rings (SSSR count). The van der Waals surface area contributed by atoms with Crippen molar-refractivity contribution in [3.63, 3.8) is 0 Å². The van der Waals surface area contributed by atoms with E-state index in [9.17, 15) is 0 Å². The number of rotatable bonds is 4. The molecular weight excluding hydrogens is 353 g/mol. The zero-order valence-electron chi connectivity index (χ0n) is 19.6. The summed E-state index contributed by atoms with van der Waals surface area (Å²) in [6.45, 7) is 19.8. The molecule has 2 aliphatic carbocycles. The average Bonchev–Trinajstić information content (AvgIpc) is 2.64. The standard InChI is InChI=1S/C25H39BN3/c1-16-9-10-19-15-21-24(6)12-11-20(27-18(3)28-26-7)23(4,5)25(24,13-14-29(21)8)22(19)17(16)2/h9-10,20-21,27-28H,3,11-15H2,1-2,4-8H3/t20?,21-,24?,25-/m0/s1. The molecular formula is C25H39BN3. The Balaban J connectivity index is 1.92. The van der Waals surface area contributed by atoms with Crippen LogP contribution in [0.2, 0.25) is 6.82 Å². The molecule has 29 heavy (non-hydrogen) atoms. The van der Waals surface area contributed by atoms with Crippen molar-refractivity contribution in [3.05, 3.63) is 46.8 Å². The molecule has 0 aromatic heterocycles. The van der Waals surface area contributed by atoms with Crippen LogP contribution in [0.4, 0.5) is 0 Å². The maximum atomic E-state index is 4.23. The zero-order valence-corrected chi connectivity index (χ0v) is 19.6. The van der Waals surface area contributed by atoms with Crippen LogP contribution in [-0.2, 0) is 11.8 Å². The van der Waals surface area contributed by atoms with Gasteiger partial charge in [0.25, 0.3) is 0 Å². The van der Waals surface area contributed by atoms with Crippen LogP contribution in [0.3, 0.4) is 0 Å². The summed E-state index contributed by atoms with van der Waals surface area (Å²) < 4.78 is 0. The fourth-order valence-corrected chi connectivity index (χ4v) is 7.73. The third-order valence-corrected chi connectivity index (χ3v) is 9.33. The minimum absolute atomic E-state index is 0.117. The highest BCUT2D eigenvalue weighted by molar-refractivity contribution is 6.30. The van der Waals surface area contributed by atoms with Gasteiger partial charge >= 0.3 is 0 Å². The van der Waals surface area contributed by atoms with E-state index in [2.05, 4.69) is 75.8 Å². The second-order valence-electron chi connectivity index (χ2n) is 10.7. The van der Waals surface area contributed by atoms with Crippen LogP contribution in [0.5, 0.6) is 0 Å². The smallest absolute Gasteiger partial charge is 0.240 e. The van der Waals surface area contributed by atoms with Gasteiger partial charge in [0.2, 0.25) is 7.41 Å². The quantitative estimate of drug-likeness (QED) is 0.748. The molecule has 4 atom stereocenters. The maximum absolute atomic E-state index is 4.23. The first-order chi connectivity index (χ1) is 13.6. The summed E-state index contributed by atoms with van der Waals surface area (Å²) in [6.07, 6.45) is 4.89. The lowest BCUT2D eigenvalue weighted by atomic mass is 9.36. The van der Waals surface area contributed by atoms with Gasteiger partial charge in [-0.1, -0.05) is 46.3 Å². The molecule has 0 spiro atoms. The van der Waals surface area contributed by atoms with Gasteiger partial charge in [-0.2, -0.15) is 0 Å². The molecule has 1 aliphatic heterocycles. The Morgan fingerprint density at radius 1 is 1.21 bits per heavy atom. The molecule has 1 saturated heterocycles. The minimum Gasteiger partial charge on any atom is -0.420 e. The van der Waals surface area contributed by atoms with Crippen molar-refractivity contribution in [2.45, 2.75) is 84.6 Å². The third kappa shape index (κ3) is 2.60. The average molecular weight is 392 g/mol. The highest BCUT2D eigenvalue weighted by Crippen LogP contribution is 2.69. The highest BCUT2D eigenvalue weighted by Gasteiger charge is 2.69. The summed E-state index contributed by atoms with van der Waals surface area (Å²) in [4.78, 5) is 2.66. The van der Waals surface area contributed by atoms with E-state index in [1.165, 1.54) is 43.4 Å². The van der Waals surface area contributed by atoms with Gasteiger partial charge < -0.3 is 15.4 Å². The number of nitrogens with one attached hydrogen (secondary N) is 2. The van der Waals surface area contributed by atoms with Crippen molar-refractivity contribution in [2.24, 2.45) is 10.8 Å². The molecule has 1 heterocycles. The molecule has 1 aromatic carbocycles. The molecule has 2 bridgehead atoms. The Hall–Kier alpha value is -1.42. The number of likely N-dealkylation sites (N-methyl/N-ethyl adjacent to an activating group) is 1. The number of hydrogen-bond acceptors (Lipinski definition) is 3. The van der Waals surface area contributed by atoms with Crippen molar-refractivity contribution in [1.29, 1.82) is 0 Å². The molecule has 1 aromatic rings. The first kappa shape index (κ1) is 20.8. The second kappa shape index (κ2) is 6.80. The lowest BCUT2D eigenvalue weighted by Gasteiger charge is -2.72. The molecule has 1 radical (unpaired) electrons. The maximum Gasteiger partial charge on any atom is 0.240 e. The molecule has 0 amide bonds. The predicted octanol–water partition coefficient (Wildman–Crippen LogP) is 4.31. The van der Waals surface area contributed by atoms with Crippen LogP contribution in [0.25, 0.3) is 0 Å². The SMILES string of the molecule is C=C(N[B]C)NC1CCC2(C)[C@@H]3Cc4ccc(C)c(C)c4[C@@]2(CCN3C)C1(C)C. The van der Waals surface area contributed by atoms with Crippen LogP contribution in [0.1, 0.15) is 62.3 Å². The summed E-state index contributed by atoms with van der Waals surface area (Å²) in [5, 5.41) is 7.06. The van der Waals surface area contributed by atoms with E-state index >= 15 is 0 Å². The van der Waals surface area contributed by atoms with Crippen LogP contribution in [0, 0.1) is 24.7 Å². The van der Waals surface area contributed by atoms with E-state index in [1.807, 2.05) is 14.2 Å². The van der Waals surface area contributed by atoms with Gasteiger partial charge in [-0.15, -0.1) is 0 Å². The summed E-state index contributed by atoms with van der Waals surface area (Å²) in [7, 11) is 4.31. The molecule has 2 fully saturated rings. The number of fused-ring (bicyclic) bond motifs is 1. The van der Waals surface area contributed by atoms with E-state index in [1.54, 1.807) is 11.1 Å². The van der Waals surface area contributed by atoms with E-state index in [4.69, 9.17) is 0 Å². The molecule has 157 valence electrons. The van der Waals surface area contributed by atoms with Gasteiger partial charge in [-0.05, 0) is 86.2 Å². The van der Waals surface area contributed by atoms with Gasteiger partial charge in [0.1, 0.15) is 0 Å². The fraction of sp³-hybridized carbons (Fsp3) is 0.680. The van der Waals surface area contributed by atoms with E-state index < -0.39 is 0 Å². The van der Waals surface area contributed by atoms with Gasteiger partial charge in [0, 0.05) is 17.5 Å². The first-order valence-electron chi connectivity index (χ1n) is 11.4. The highest BCUT2D eigenvalue weighted by atomic mass is 15.2. The van der Waals surface area contributed by atoms with Crippen LogP contribution < -0.4 is 10.5 Å². The molecule has 3 nitrogen and oxygen atoms in total. The van der Waals surface area contributed by atoms with E-state index in [-0.39, 0.29) is 10.8 Å². The molecule has 4 heteroatoms. The lowest BCUT2D eigenvalue weighted by molar-refractivity contribution is -0.145. The van der Waals surface area contributed by atoms with E-state index in [0.717, 1.165) is 5.82 Å². The number of aryl methyl sites for hydroxylation is 1. The van der Waals surface area contributed by atoms with Crippen LogP contribution in [0.15, 0.2) is 24.5 Å². The lowest BCUT2D eigenvalue weighted by Crippen LogP contribution is -2.74. The van der Waals surface area contributed by atoms with Crippen molar-refractivity contribution < 1.29 is 0 Å². The number of likely N-dealkylation sites (tertiary alicyclic amines) is 1. The summed E-state index contributed by atoms with van der Waals surface area (Å²) in [5.74, 6) is 0.923. The van der Waals surface area contributed by atoms with Crippen LogP contribution >= 0.6 is 0 Å². The Morgan fingerprint density at radius 3 is 2.62 bits per heavy atom. The van der Waals surface area contributed by atoms with Gasteiger partial charge in [-0.3, -0.25) is 0 Å². The normalized spacial score (nSPS) is 35.3. The zero-order chi connectivity index (χ0) is 21.2. The number of benzene rings is 1. The summed E-state index contributed by atoms with van der Waals surface area (Å²) >= 11 is 0. The van der Waals surface area contributed by atoms with Crippen LogP contribution in [-0.4, -0.2) is 38.0 Å². The Kier molecular flexibility index (Phi) is 4.89. The van der Waals surface area contributed by atoms with Crippen molar-refractivity contribution in [3.8, 4) is 0 Å². The van der Waals surface area contributed by atoms with Gasteiger partial charge in [-0.25, -0.2) is 0 Å². The fourth-order valence-electron chi connectivity index (χ4n) is 7.73. The summed E-state index contributed by atoms with van der Waals surface area (Å²) in [5.41, 5.74) is 6.83. The monoisotopic (exact) mass is 392 g/mol. The molecule has 2 N–H and O–H groups in total. The largest absolute Gasteiger partial charge is 0.420 e. The Morgan fingerprint density at radius 2 is 1.93 bits per heavy atom. The first-order valence-corrected chi connectivity index (χ1v) is 11.4. The van der Waals surface area contributed by atoms with Crippen molar-refractivity contribution in [2.75, 3.05) is 13.6 Å². The number of nitrogens with zero attached hydrogens (tertiary/aromatic N) is 1. The minimum atomic E-state index is 0.117. The predicted molar refractivity (Wildman–Crippen MR) is 124 cm³/mol. The second-order valence-corrected chi connectivity index (χ2v) is 10.7. The summed E-state index contributed by atoms with van der Waals surface area (Å²) in [6, 6.07) is 5.81. The third-order valence-electron chi connectivity index (χ3n) is 9.33. The molecule has 1 saturated carbocycles.